The number of fused-ring (bicyclic) bond motifs is 1. The molecule has 0 spiro atoms. The van der Waals surface area contributed by atoms with Gasteiger partial charge in [-0.25, -0.2) is 14.6 Å². The molecule has 0 saturated carbocycles. The van der Waals surface area contributed by atoms with Gasteiger partial charge in [0.25, 0.3) is 0 Å². The first kappa shape index (κ1) is 18.5. The van der Waals surface area contributed by atoms with E-state index in [1.165, 1.54) is 11.8 Å². The van der Waals surface area contributed by atoms with Gasteiger partial charge in [0.1, 0.15) is 5.82 Å². The molecule has 2 N–H and O–H groups in total. The molecule has 0 aliphatic heterocycles. The Hall–Kier alpha value is -1.83. The summed E-state index contributed by atoms with van der Waals surface area (Å²) in [6, 6.07) is 0.271. The molecule has 0 unspecified atom stereocenters. The Morgan fingerprint density at radius 1 is 1.33 bits per heavy atom. The Balaban J connectivity index is 2.21. The van der Waals surface area contributed by atoms with Gasteiger partial charge in [-0.2, -0.15) is 5.10 Å². The zero-order chi connectivity index (χ0) is 17.9. The summed E-state index contributed by atoms with van der Waals surface area (Å²) in [5.41, 5.74) is 0.386. The number of carbonyl (C=O) groups excluding carboxylic acids is 1. The summed E-state index contributed by atoms with van der Waals surface area (Å²) >= 11 is 1.50. The van der Waals surface area contributed by atoms with E-state index in [1.807, 2.05) is 31.7 Å². The molecule has 2 heterocycles. The maximum Gasteiger partial charge on any atom is 0.225 e. The number of aromatic nitrogens is 4. The highest BCUT2D eigenvalue weighted by Gasteiger charge is 2.20. The van der Waals surface area contributed by atoms with Gasteiger partial charge in [-0.05, 0) is 20.1 Å². The molecular formula is C16H26N6OS. The van der Waals surface area contributed by atoms with Gasteiger partial charge in [-0.3, -0.25) is 4.79 Å². The second-order valence-corrected chi connectivity index (χ2v) is 7.74. The van der Waals surface area contributed by atoms with Crippen LogP contribution in [0.5, 0.6) is 0 Å². The zero-order valence-corrected chi connectivity index (χ0v) is 16.0. The molecule has 2 aromatic heterocycles. The predicted molar refractivity (Wildman–Crippen MR) is 98.3 cm³/mol. The average Bonchev–Trinajstić information content (AvgIpc) is 2.89. The van der Waals surface area contributed by atoms with E-state index in [4.69, 9.17) is 0 Å². The van der Waals surface area contributed by atoms with Crippen molar-refractivity contribution < 1.29 is 4.79 Å². The Morgan fingerprint density at radius 2 is 2.04 bits per heavy atom. The highest BCUT2D eigenvalue weighted by molar-refractivity contribution is 7.98. The minimum Gasteiger partial charge on any atom is -0.367 e. The molecule has 2 aromatic rings. The standard InChI is InChI=1S/C16H26N6OS/c1-10(2)19-12-11-9-18-22(13(11)21-15(20-12)24-6)8-7-17-14(23)16(3,4)5/h9-10H,7-8H2,1-6H3,(H,17,23)(H,19,20,21). The lowest BCUT2D eigenvalue weighted by Gasteiger charge is -2.17. The van der Waals surface area contributed by atoms with Crippen LogP contribution in [-0.4, -0.2) is 44.5 Å². The number of nitrogens with one attached hydrogen (secondary N) is 2. The summed E-state index contributed by atoms with van der Waals surface area (Å²) in [7, 11) is 0. The number of hydrogen-bond donors (Lipinski definition) is 2. The monoisotopic (exact) mass is 350 g/mol. The largest absolute Gasteiger partial charge is 0.367 e. The average molecular weight is 350 g/mol. The van der Waals surface area contributed by atoms with Crippen molar-refractivity contribution in [1.82, 2.24) is 25.1 Å². The van der Waals surface area contributed by atoms with Gasteiger partial charge in [0.15, 0.2) is 10.8 Å². The summed E-state index contributed by atoms with van der Waals surface area (Å²) in [5.74, 6) is 0.824. The lowest BCUT2D eigenvalue weighted by atomic mass is 9.96. The third-order valence-corrected chi connectivity index (χ3v) is 3.92. The van der Waals surface area contributed by atoms with E-state index in [0.717, 1.165) is 16.9 Å². The fraction of sp³-hybridized carbons (Fsp3) is 0.625. The highest BCUT2D eigenvalue weighted by Crippen LogP contribution is 2.23. The minimum absolute atomic E-state index is 0.0283. The Morgan fingerprint density at radius 3 is 2.62 bits per heavy atom. The summed E-state index contributed by atoms with van der Waals surface area (Å²) in [6.07, 6.45) is 3.72. The fourth-order valence-corrected chi connectivity index (χ4v) is 2.47. The van der Waals surface area contributed by atoms with Crippen LogP contribution in [0, 0.1) is 5.41 Å². The molecule has 0 aromatic carbocycles. The van der Waals surface area contributed by atoms with E-state index in [9.17, 15) is 4.79 Å². The van der Waals surface area contributed by atoms with Crippen LogP contribution in [0.4, 0.5) is 5.82 Å². The maximum absolute atomic E-state index is 12.0. The number of anilines is 1. The number of amides is 1. The second-order valence-electron chi connectivity index (χ2n) is 6.97. The van der Waals surface area contributed by atoms with Crippen molar-refractivity contribution in [2.24, 2.45) is 5.41 Å². The van der Waals surface area contributed by atoms with Gasteiger partial charge < -0.3 is 10.6 Å². The lowest BCUT2D eigenvalue weighted by Crippen LogP contribution is -2.36. The molecule has 132 valence electrons. The van der Waals surface area contributed by atoms with Gasteiger partial charge in [-0.15, -0.1) is 0 Å². The van der Waals surface area contributed by atoms with Gasteiger partial charge in [0, 0.05) is 18.0 Å². The van der Waals surface area contributed by atoms with Crippen LogP contribution >= 0.6 is 11.8 Å². The number of rotatable bonds is 6. The maximum atomic E-state index is 12.0. The summed E-state index contributed by atoms with van der Waals surface area (Å²) in [4.78, 5) is 21.1. The van der Waals surface area contributed by atoms with Crippen LogP contribution in [-0.2, 0) is 11.3 Å². The van der Waals surface area contributed by atoms with Gasteiger partial charge in [0.05, 0.1) is 18.1 Å². The normalized spacial score (nSPS) is 12.0. The van der Waals surface area contributed by atoms with Gasteiger partial charge >= 0.3 is 0 Å². The third kappa shape index (κ3) is 4.37. The lowest BCUT2D eigenvalue weighted by molar-refractivity contribution is -0.128. The topological polar surface area (TPSA) is 84.7 Å². The molecular weight excluding hydrogens is 324 g/mol. The Bertz CT molecular complexity index is 719. The van der Waals surface area contributed by atoms with Crippen LogP contribution in [0.1, 0.15) is 34.6 Å². The molecule has 1 amide bonds. The van der Waals surface area contributed by atoms with E-state index in [-0.39, 0.29) is 11.9 Å². The van der Waals surface area contributed by atoms with Crippen molar-refractivity contribution in [2.75, 3.05) is 18.1 Å². The van der Waals surface area contributed by atoms with E-state index in [0.29, 0.717) is 18.2 Å². The minimum atomic E-state index is -0.394. The van der Waals surface area contributed by atoms with E-state index < -0.39 is 5.41 Å². The van der Waals surface area contributed by atoms with Crippen molar-refractivity contribution in [2.45, 2.75) is 52.4 Å². The van der Waals surface area contributed by atoms with Crippen molar-refractivity contribution in [1.29, 1.82) is 0 Å². The fourth-order valence-electron chi connectivity index (χ4n) is 2.11. The molecule has 24 heavy (non-hydrogen) atoms. The van der Waals surface area contributed by atoms with Crippen LogP contribution in [0.15, 0.2) is 11.4 Å². The first-order chi connectivity index (χ1) is 11.2. The molecule has 2 rings (SSSR count). The van der Waals surface area contributed by atoms with Gasteiger partial charge in [0.2, 0.25) is 5.91 Å². The Kier molecular flexibility index (Phi) is 5.69. The summed E-state index contributed by atoms with van der Waals surface area (Å²) in [5, 5.41) is 12.3. The number of nitrogens with zero attached hydrogens (tertiary/aromatic N) is 4. The van der Waals surface area contributed by atoms with Crippen LogP contribution in [0.3, 0.4) is 0 Å². The van der Waals surface area contributed by atoms with E-state index in [1.54, 1.807) is 6.20 Å². The highest BCUT2D eigenvalue weighted by atomic mass is 32.2. The molecule has 0 aliphatic carbocycles. The van der Waals surface area contributed by atoms with Crippen LogP contribution in [0.25, 0.3) is 11.0 Å². The zero-order valence-electron chi connectivity index (χ0n) is 15.2. The van der Waals surface area contributed by atoms with Crippen molar-refractivity contribution in [3.05, 3.63) is 6.20 Å². The SMILES string of the molecule is CSc1nc(NC(C)C)c2cnn(CCNC(=O)C(C)(C)C)c2n1. The molecule has 7 nitrogen and oxygen atoms in total. The molecule has 8 heteroatoms. The summed E-state index contributed by atoms with van der Waals surface area (Å²) < 4.78 is 1.81. The predicted octanol–water partition coefficient (Wildman–Crippen LogP) is 2.53. The van der Waals surface area contributed by atoms with E-state index >= 15 is 0 Å². The first-order valence-electron chi connectivity index (χ1n) is 8.04. The van der Waals surface area contributed by atoms with Crippen molar-refractivity contribution >= 4 is 34.5 Å². The van der Waals surface area contributed by atoms with Gasteiger partial charge in [-0.1, -0.05) is 32.5 Å². The molecule has 0 atom stereocenters. The third-order valence-electron chi connectivity index (χ3n) is 3.37. The summed E-state index contributed by atoms with van der Waals surface area (Å²) in [6.45, 7) is 10.9. The Labute approximate surface area is 147 Å². The second kappa shape index (κ2) is 7.38. The smallest absolute Gasteiger partial charge is 0.225 e. The van der Waals surface area contributed by atoms with Crippen molar-refractivity contribution in [3.63, 3.8) is 0 Å². The molecule has 0 radical (unpaired) electrons. The van der Waals surface area contributed by atoms with Crippen LogP contribution in [0.2, 0.25) is 0 Å². The number of thioether (sulfide) groups is 1. The number of hydrogen-bond acceptors (Lipinski definition) is 6. The number of carbonyl (C=O) groups is 1. The molecule has 0 saturated heterocycles. The quantitative estimate of drug-likeness (QED) is 0.615. The van der Waals surface area contributed by atoms with Crippen molar-refractivity contribution in [3.8, 4) is 0 Å². The first-order valence-corrected chi connectivity index (χ1v) is 9.27. The van der Waals surface area contributed by atoms with E-state index in [2.05, 4.69) is 39.5 Å². The molecule has 0 fully saturated rings. The van der Waals surface area contributed by atoms with Crippen LogP contribution < -0.4 is 10.6 Å². The molecule has 0 aliphatic rings. The molecule has 0 bridgehead atoms.